The summed E-state index contributed by atoms with van der Waals surface area (Å²) < 4.78 is 1.20. The molecule has 0 aromatic heterocycles. The summed E-state index contributed by atoms with van der Waals surface area (Å²) in [6.07, 6.45) is 1.74. The number of hydrogen-bond acceptors (Lipinski definition) is 2. The molecule has 0 saturated heterocycles. The number of benzene rings is 2. The van der Waals surface area contributed by atoms with Gasteiger partial charge in [-0.05, 0) is 64.6 Å². The molecule has 0 fully saturated rings. The van der Waals surface area contributed by atoms with Gasteiger partial charge in [-0.15, -0.1) is 0 Å². The van der Waals surface area contributed by atoms with Crippen molar-refractivity contribution < 1.29 is 0 Å². The highest BCUT2D eigenvalue weighted by Crippen LogP contribution is 2.11. The van der Waals surface area contributed by atoms with Gasteiger partial charge in [0.05, 0.1) is 11.9 Å². The Bertz CT molecular complexity index is 523. The van der Waals surface area contributed by atoms with Gasteiger partial charge in [0, 0.05) is 8.59 Å². The van der Waals surface area contributed by atoms with Crippen LogP contribution in [0.3, 0.4) is 0 Å². The maximum atomic E-state index is 5.88. The second-order valence-electron chi connectivity index (χ2n) is 3.43. The summed E-state index contributed by atoms with van der Waals surface area (Å²) in [6.45, 7) is 0. The van der Waals surface area contributed by atoms with Crippen molar-refractivity contribution in [2.75, 3.05) is 5.43 Å². The first-order valence-corrected chi connectivity index (χ1v) is 6.50. The monoisotopic (exact) mass is 356 g/mol. The van der Waals surface area contributed by atoms with E-state index in [0.717, 1.165) is 11.3 Å². The lowest BCUT2D eigenvalue weighted by molar-refractivity contribution is 1.35. The number of nitrogens with one attached hydrogen (secondary N) is 1. The highest BCUT2D eigenvalue weighted by molar-refractivity contribution is 14.1. The molecule has 2 aromatic carbocycles. The van der Waals surface area contributed by atoms with Crippen molar-refractivity contribution in [2.24, 2.45) is 5.10 Å². The van der Waals surface area contributed by atoms with Crippen LogP contribution in [0, 0.1) is 3.57 Å². The molecule has 2 aromatic rings. The largest absolute Gasteiger partial charge is 0.279 e. The standard InChI is InChI=1S/C13H10ClIN2/c14-11-3-1-2-10(8-11)9-16-17-13-6-4-12(15)5-7-13/h1-9,17H. The molecule has 0 atom stereocenters. The molecule has 0 aliphatic rings. The molecule has 1 N–H and O–H groups in total. The Kier molecular flexibility index (Phi) is 4.39. The summed E-state index contributed by atoms with van der Waals surface area (Å²) >= 11 is 8.14. The Labute approximate surface area is 119 Å². The number of rotatable bonds is 3. The van der Waals surface area contributed by atoms with Crippen LogP contribution < -0.4 is 5.43 Å². The number of hydrazone groups is 1. The Balaban J connectivity index is 2.00. The zero-order valence-electron chi connectivity index (χ0n) is 8.90. The molecule has 2 nitrogen and oxygen atoms in total. The van der Waals surface area contributed by atoms with E-state index in [1.165, 1.54) is 3.57 Å². The van der Waals surface area contributed by atoms with Gasteiger partial charge >= 0.3 is 0 Å². The SMILES string of the molecule is Clc1cccc(C=NNc2ccc(I)cc2)c1. The molecule has 0 spiro atoms. The zero-order chi connectivity index (χ0) is 12.1. The molecule has 0 aliphatic carbocycles. The minimum atomic E-state index is 0.711. The molecule has 0 bridgehead atoms. The smallest absolute Gasteiger partial charge is 0.0562 e. The number of hydrogen-bond donors (Lipinski definition) is 1. The van der Waals surface area contributed by atoms with E-state index in [4.69, 9.17) is 11.6 Å². The van der Waals surface area contributed by atoms with E-state index in [2.05, 4.69) is 33.1 Å². The lowest BCUT2D eigenvalue weighted by Crippen LogP contribution is -1.90. The van der Waals surface area contributed by atoms with Gasteiger partial charge in [-0.2, -0.15) is 5.10 Å². The Morgan fingerprint density at radius 3 is 2.59 bits per heavy atom. The summed E-state index contributed by atoms with van der Waals surface area (Å²) in [5, 5.41) is 4.86. The topological polar surface area (TPSA) is 24.4 Å². The third-order valence-electron chi connectivity index (χ3n) is 2.10. The minimum absolute atomic E-state index is 0.711. The molecule has 86 valence electrons. The van der Waals surface area contributed by atoms with Crippen molar-refractivity contribution in [3.63, 3.8) is 0 Å². The molecular weight excluding hydrogens is 347 g/mol. The summed E-state index contributed by atoms with van der Waals surface area (Å²) in [5.41, 5.74) is 4.89. The highest BCUT2D eigenvalue weighted by atomic mass is 127. The van der Waals surface area contributed by atoms with E-state index in [1.54, 1.807) is 6.21 Å². The van der Waals surface area contributed by atoms with Gasteiger partial charge in [-0.3, -0.25) is 5.43 Å². The van der Waals surface area contributed by atoms with E-state index in [9.17, 15) is 0 Å². The Morgan fingerprint density at radius 2 is 1.88 bits per heavy atom. The molecule has 0 unspecified atom stereocenters. The second-order valence-corrected chi connectivity index (χ2v) is 5.11. The number of nitrogens with zero attached hydrogens (tertiary/aromatic N) is 1. The fourth-order valence-corrected chi connectivity index (χ4v) is 1.85. The third kappa shape index (κ3) is 4.02. The normalized spacial score (nSPS) is 10.7. The summed E-state index contributed by atoms with van der Waals surface area (Å²) in [5.74, 6) is 0. The van der Waals surface area contributed by atoms with Crippen molar-refractivity contribution in [1.82, 2.24) is 0 Å². The fraction of sp³-hybridized carbons (Fsp3) is 0. The predicted octanol–water partition coefficient (Wildman–Crippen LogP) is 4.39. The van der Waals surface area contributed by atoms with Crippen LogP contribution in [-0.2, 0) is 0 Å². The molecule has 0 saturated carbocycles. The molecule has 0 aliphatic heterocycles. The van der Waals surface area contributed by atoms with Crippen LogP contribution in [-0.4, -0.2) is 6.21 Å². The van der Waals surface area contributed by atoms with Crippen molar-refractivity contribution in [3.05, 3.63) is 62.7 Å². The van der Waals surface area contributed by atoms with Gasteiger partial charge in [0.25, 0.3) is 0 Å². The van der Waals surface area contributed by atoms with E-state index in [0.29, 0.717) is 5.02 Å². The fourth-order valence-electron chi connectivity index (χ4n) is 1.29. The van der Waals surface area contributed by atoms with E-state index in [1.807, 2.05) is 48.5 Å². The van der Waals surface area contributed by atoms with Crippen LogP contribution in [0.1, 0.15) is 5.56 Å². The van der Waals surface area contributed by atoms with Crippen molar-refractivity contribution in [3.8, 4) is 0 Å². The van der Waals surface area contributed by atoms with Crippen LogP contribution in [0.4, 0.5) is 5.69 Å². The van der Waals surface area contributed by atoms with Gasteiger partial charge in [-0.1, -0.05) is 23.7 Å². The average Bonchev–Trinajstić information content (AvgIpc) is 2.32. The average molecular weight is 357 g/mol. The lowest BCUT2D eigenvalue weighted by atomic mass is 10.2. The number of halogens is 2. The molecule has 4 heteroatoms. The lowest BCUT2D eigenvalue weighted by Gasteiger charge is -1.99. The predicted molar refractivity (Wildman–Crippen MR) is 81.8 cm³/mol. The second kappa shape index (κ2) is 6.02. The van der Waals surface area contributed by atoms with E-state index >= 15 is 0 Å². The number of anilines is 1. The maximum absolute atomic E-state index is 5.88. The van der Waals surface area contributed by atoms with Gasteiger partial charge < -0.3 is 0 Å². The van der Waals surface area contributed by atoms with Crippen molar-refractivity contribution >= 4 is 46.1 Å². The van der Waals surface area contributed by atoms with E-state index in [-0.39, 0.29) is 0 Å². The first kappa shape index (κ1) is 12.4. The summed E-state index contributed by atoms with van der Waals surface area (Å²) in [4.78, 5) is 0. The first-order chi connectivity index (χ1) is 8.24. The van der Waals surface area contributed by atoms with Crippen LogP contribution >= 0.6 is 34.2 Å². The molecule has 0 heterocycles. The molecule has 0 radical (unpaired) electrons. The van der Waals surface area contributed by atoms with Gasteiger partial charge in [0.15, 0.2) is 0 Å². The van der Waals surface area contributed by atoms with E-state index < -0.39 is 0 Å². The molecule has 0 amide bonds. The van der Waals surface area contributed by atoms with Crippen LogP contribution in [0.5, 0.6) is 0 Å². The van der Waals surface area contributed by atoms with Crippen LogP contribution in [0.15, 0.2) is 53.6 Å². The third-order valence-corrected chi connectivity index (χ3v) is 3.05. The molecular formula is C13H10ClIN2. The molecule has 2 rings (SSSR count). The Morgan fingerprint density at radius 1 is 1.12 bits per heavy atom. The Hall–Kier alpha value is -1.07. The summed E-state index contributed by atoms with van der Waals surface area (Å²) in [7, 11) is 0. The van der Waals surface area contributed by atoms with Gasteiger partial charge in [-0.25, -0.2) is 0 Å². The summed E-state index contributed by atoms with van der Waals surface area (Å²) in [6, 6.07) is 15.6. The van der Waals surface area contributed by atoms with Crippen LogP contribution in [0.2, 0.25) is 5.02 Å². The quantitative estimate of drug-likeness (QED) is 0.492. The van der Waals surface area contributed by atoms with Crippen molar-refractivity contribution in [2.45, 2.75) is 0 Å². The molecule has 17 heavy (non-hydrogen) atoms. The van der Waals surface area contributed by atoms with Crippen molar-refractivity contribution in [1.29, 1.82) is 0 Å². The zero-order valence-corrected chi connectivity index (χ0v) is 11.8. The van der Waals surface area contributed by atoms with Gasteiger partial charge in [0.1, 0.15) is 0 Å². The van der Waals surface area contributed by atoms with Gasteiger partial charge in [0.2, 0.25) is 0 Å². The minimum Gasteiger partial charge on any atom is -0.279 e. The maximum Gasteiger partial charge on any atom is 0.0562 e. The van der Waals surface area contributed by atoms with Crippen LogP contribution in [0.25, 0.3) is 0 Å². The highest BCUT2D eigenvalue weighted by Gasteiger charge is 1.91. The first-order valence-electron chi connectivity index (χ1n) is 5.04.